The Labute approximate surface area is 194 Å². The molecule has 2 aromatic carbocycles. The Balaban J connectivity index is 1.82. The van der Waals surface area contributed by atoms with Crippen LogP contribution in [0.5, 0.6) is 0 Å². The van der Waals surface area contributed by atoms with Crippen LogP contribution < -0.4 is 11.1 Å². The van der Waals surface area contributed by atoms with Gasteiger partial charge in [0.1, 0.15) is 11.8 Å². The number of primary amides is 1. The highest BCUT2D eigenvalue weighted by Gasteiger charge is 2.44. The van der Waals surface area contributed by atoms with Gasteiger partial charge in [-0.15, -0.1) is 0 Å². The summed E-state index contributed by atoms with van der Waals surface area (Å²) in [4.78, 5) is 47.1. The number of amides is 2. The summed E-state index contributed by atoms with van der Waals surface area (Å²) in [5.74, 6) is -2.07. The number of carbonyl (C=O) groups is 2. The fraction of sp³-hybridized carbons (Fsp3) is 0.417. The quantitative estimate of drug-likeness (QED) is 0.414. The Morgan fingerprint density at radius 1 is 1.09 bits per heavy atom. The summed E-state index contributed by atoms with van der Waals surface area (Å²) in [6.07, 6.45) is 1.29. The largest absolute Gasteiger partial charge is 0.368 e. The standard InChI is InChI=1S/C24H32N3O5P/c1-16(2)18-10-12-19(13-11-18)24(33(30,31)32)27-14-6-9-21(27)23(29)26-20(22(25)28)15-17-7-4-3-5-8-17/h3-5,7-8,10-13,16,20-21,24H,6,9,14-15H2,1-2H3,(H2,25,28)(H,26,29)(H2,30,31,32)/t20-,21-,24?/m0/s1. The van der Waals surface area contributed by atoms with Gasteiger partial charge in [-0.05, 0) is 35.4 Å². The van der Waals surface area contributed by atoms with Gasteiger partial charge in [0, 0.05) is 13.0 Å². The number of hydrogen-bond donors (Lipinski definition) is 4. The molecule has 178 valence electrons. The maximum absolute atomic E-state index is 13.2. The van der Waals surface area contributed by atoms with Gasteiger partial charge in [-0.1, -0.05) is 68.4 Å². The zero-order valence-corrected chi connectivity index (χ0v) is 19.8. The van der Waals surface area contributed by atoms with Gasteiger partial charge in [0.25, 0.3) is 0 Å². The summed E-state index contributed by atoms with van der Waals surface area (Å²) in [6.45, 7) is 4.45. The third-order valence-corrected chi connectivity index (χ3v) is 7.31. The van der Waals surface area contributed by atoms with Crippen molar-refractivity contribution in [1.29, 1.82) is 0 Å². The number of nitrogens with one attached hydrogen (secondary N) is 1. The molecule has 3 rings (SSSR count). The first-order chi connectivity index (χ1) is 15.6. The van der Waals surface area contributed by atoms with E-state index in [1.54, 1.807) is 17.0 Å². The topological polar surface area (TPSA) is 133 Å². The third kappa shape index (κ3) is 6.30. The van der Waals surface area contributed by atoms with Crippen molar-refractivity contribution in [3.63, 3.8) is 0 Å². The van der Waals surface area contributed by atoms with E-state index in [2.05, 4.69) is 5.32 Å². The van der Waals surface area contributed by atoms with Crippen molar-refractivity contribution >= 4 is 19.4 Å². The molecule has 5 N–H and O–H groups in total. The van der Waals surface area contributed by atoms with Crippen molar-refractivity contribution in [2.24, 2.45) is 5.73 Å². The predicted octanol–water partition coefficient (Wildman–Crippen LogP) is 2.66. The summed E-state index contributed by atoms with van der Waals surface area (Å²) in [5, 5.41) is 2.71. The monoisotopic (exact) mass is 473 g/mol. The number of benzene rings is 2. The fourth-order valence-corrected chi connectivity index (χ4v) is 5.56. The molecule has 1 heterocycles. The molecule has 0 bridgehead atoms. The van der Waals surface area contributed by atoms with Crippen LogP contribution in [0.4, 0.5) is 0 Å². The van der Waals surface area contributed by atoms with Crippen LogP contribution in [0.2, 0.25) is 0 Å². The van der Waals surface area contributed by atoms with E-state index in [4.69, 9.17) is 5.73 Å². The highest BCUT2D eigenvalue weighted by Crippen LogP contribution is 2.55. The van der Waals surface area contributed by atoms with E-state index < -0.39 is 37.3 Å². The zero-order valence-electron chi connectivity index (χ0n) is 18.9. The van der Waals surface area contributed by atoms with Crippen molar-refractivity contribution < 1.29 is 23.9 Å². The summed E-state index contributed by atoms with van der Waals surface area (Å²) >= 11 is 0. The summed E-state index contributed by atoms with van der Waals surface area (Å²) in [6, 6.07) is 14.7. The van der Waals surface area contributed by atoms with E-state index in [1.807, 2.05) is 56.3 Å². The first-order valence-electron chi connectivity index (χ1n) is 11.1. The van der Waals surface area contributed by atoms with Gasteiger partial charge < -0.3 is 20.8 Å². The lowest BCUT2D eigenvalue weighted by Crippen LogP contribution is -2.52. The second kappa shape index (κ2) is 10.6. The van der Waals surface area contributed by atoms with Gasteiger partial charge in [0.2, 0.25) is 11.8 Å². The first-order valence-corrected chi connectivity index (χ1v) is 12.8. The van der Waals surface area contributed by atoms with Gasteiger partial charge in [0.05, 0.1) is 6.04 Å². The second-order valence-electron chi connectivity index (χ2n) is 8.83. The van der Waals surface area contributed by atoms with Crippen LogP contribution in [0.25, 0.3) is 0 Å². The Morgan fingerprint density at radius 3 is 2.24 bits per heavy atom. The van der Waals surface area contributed by atoms with Gasteiger partial charge >= 0.3 is 7.60 Å². The molecule has 8 nitrogen and oxygen atoms in total. The number of nitrogens with zero attached hydrogens (tertiary/aromatic N) is 1. The molecule has 2 amide bonds. The van der Waals surface area contributed by atoms with Crippen LogP contribution >= 0.6 is 7.60 Å². The van der Waals surface area contributed by atoms with Crippen LogP contribution in [0.3, 0.4) is 0 Å². The molecule has 3 atom stereocenters. The molecule has 1 aliphatic rings. The fourth-order valence-electron chi connectivity index (χ4n) is 4.34. The van der Waals surface area contributed by atoms with Gasteiger partial charge in [-0.2, -0.15) is 0 Å². The van der Waals surface area contributed by atoms with Crippen LogP contribution in [0.1, 0.15) is 55.1 Å². The van der Waals surface area contributed by atoms with Crippen LogP contribution in [-0.4, -0.2) is 45.1 Å². The van der Waals surface area contributed by atoms with Gasteiger partial charge in [-0.25, -0.2) is 0 Å². The van der Waals surface area contributed by atoms with Gasteiger partial charge in [0.15, 0.2) is 0 Å². The Kier molecular flexibility index (Phi) is 8.08. The molecule has 1 saturated heterocycles. The van der Waals surface area contributed by atoms with E-state index >= 15 is 0 Å². The molecule has 0 radical (unpaired) electrons. The molecule has 9 heteroatoms. The normalized spacial score (nSPS) is 18.8. The number of hydrogen-bond acceptors (Lipinski definition) is 4. The minimum Gasteiger partial charge on any atom is -0.368 e. The maximum atomic E-state index is 13.2. The van der Waals surface area contributed by atoms with Crippen molar-refractivity contribution in [1.82, 2.24) is 10.2 Å². The average molecular weight is 474 g/mol. The van der Waals surface area contributed by atoms with E-state index in [9.17, 15) is 23.9 Å². The van der Waals surface area contributed by atoms with Crippen LogP contribution in [0, 0.1) is 0 Å². The number of carbonyl (C=O) groups excluding carboxylic acids is 2. The molecular formula is C24H32N3O5P. The molecule has 0 saturated carbocycles. The Bertz CT molecular complexity index is 1010. The molecule has 0 spiro atoms. The van der Waals surface area contributed by atoms with Crippen molar-refractivity contribution in [2.45, 2.75) is 56.9 Å². The maximum Gasteiger partial charge on any atom is 0.347 e. The third-order valence-electron chi connectivity index (χ3n) is 6.07. The van der Waals surface area contributed by atoms with E-state index in [0.717, 1.165) is 11.1 Å². The molecule has 0 aliphatic carbocycles. The number of rotatable bonds is 9. The molecule has 0 aromatic heterocycles. The second-order valence-corrected chi connectivity index (χ2v) is 10.5. The molecule has 2 aromatic rings. The van der Waals surface area contributed by atoms with E-state index in [1.165, 1.54) is 0 Å². The van der Waals surface area contributed by atoms with E-state index in [0.29, 0.717) is 24.9 Å². The van der Waals surface area contributed by atoms with Crippen molar-refractivity contribution in [3.05, 3.63) is 71.3 Å². The lowest BCUT2D eigenvalue weighted by atomic mass is 10.0. The molecule has 1 unspecified atom stereocenters. The summed E-state index contributed by atoms with van der Waals surface area (Å²) in [7, 11) is -4.62. The lowest BCUT2D eigenvalue weighted by molar-refractivity contribution is -0.130. The first kappa shape index (κ1) is 25.1. The molecule has 1 fully saturated rings. The smallest absolute Gasteiger partial charge is 0.347 e. The minimum atomic E-state index is -4.62. The van der Waals surface area contributed by atoms with Crippen LogP contribution in [0.15, 0.2) is 54.6 Å². The van der Waals surface area contributed by atoms with Crippen molar-refractivity contribution in [2.75, 3.05) is 6.54 Å². The SMILES string of the molecule is CC(C)c1ccc(C(N2CCC[C@H]2C(=O)N[C@@H](Cc2ccccc2)C(N)=O)P(=O)(O)O)cc1. The Hall–Kier alpha value is -2.51. The van der Waals surface area contributed by atoms with Gasteiger partial charge in [-0.3, -0.25) is 19.1 Å². The average Bonchev–Trinajstić information content (AvgIpc) is 3.22. The predicted molar refractivity (Wildman–Crippen MR) is 126 cm³/mol. The Morgan fingerprint density at radius 2 is 1.70 bits per heavy atom. The number of likely N-dealkylation sites (tertiary alicyclic amines) is 1. The highest BCUT2D eigenvalue weighted by atomic mass is 31.2. The summed E-state index contributed by atoms with van der Waals surface area (Å²) in [5.41, 5.74) is 7.90. The minimum absolute atomic E-state index is 0.243. The molecular weight excluding hydrogens is 441 g/mol. The van der Waals surface area contributed by atoms with Crippen LogP contribution in [-0.2, 0) is 20.6 Å². The summed E-state index contributed by atoms with van der Waals surface area (Å²) < 4.78 is 12.5. The number of nitrogens with two attached hydrogens (primary N) is 1. The molecule has 1 aliphatic heterocycles. The molecule has 33 heavy (non-hydrogen) atoms. The van der Waals surface area contributed by atoms with E-state index in [-0.39, 0.29) is 12.3 Å². The zero-order chi connectivity index (χ0) is 24.2. The highest BCUT2D eigenvalue weighted by molar-refractivity contribution is 7.52. The van der Waals surface area contributed by atoms with Crippen molar-refractivity contribution in [3.8, 4) is 0 Å². The lowest BCUT2D eigenvalue weighted by Gasteiger charge is -2.33.